The Hall–Kier alpha value is -1.63. The number of rotatable bonds is 3. The lowest BCUT2D eigenvalue weighted by atomic mass is 9.91. The first-order valence-corrected chi connectivity index (χ1v) is 7.44. The van der Waals surface area contributed by atoms with Crippen LogP contribution in [0, 0.1) is 18.8 Å². The first-order valence-electron chi connectivity index (χ1n) is 6.62. The summed E-state index contributed by atoms with van der Waals surface area (Å²) in [6.45, 7) is 5.22. The lowest BCUT2D eigenvalue weighted by Crippen LogP contribution is -2.49. The number of nitrogens with one attached hydrogen (secondary N) is 1. The number of nitrogens with zero attached hydrogens (tertiary/aromatic N) is 2. The molecule has 2 amide bonds. The zero-order valence-electron chi connectivity index (χ0n) is 11.6. The molecule has 0 bridgehead atoms. The van der Waals surface area contributed by atoms with E-state index in [1.807, 2.05) is 13.8 Å². The maximum absolute atomic E-state index is 12.1. The number of hydrogen-bond acceptors (Lipinski definition) is 4. The number of carbonyl (C=O) groups excluding carboxylic acids is 1. The summed E-state index contributed by atoms with van der Waals surface area (Å²) in [6, 6.07) is -0.200. The Bertz CT molecular complexity index is 503. The third-order valence-electron chi connectivity index (χ3n) is 3.38. The molecule has 1 aliphatic heterocycles. The Kier molecular flexibility index (Phi) is 4.59. The summed E-state index contributed by atoms with van der Waals surface area (Å²) < 4.78 is 0. The van der Waals surface area contributed by atoms with Gasteiger partial charge in [0.25, 0.3) is 0 Å². The van der Waals surface area contributed by atoms with Gasteiger partial charge in [-0.3, -0.25) is 4.79 Å². The number of carboxylic acid groups (broad SMARTS) is 1. The number of amides is 2. The molecule has 0 radical (unpaired) electrons. The number of likely N-dealkylation sites (tertiary alicyclic amines) is 1. The molecule has 2 N–H and O–H groups in total. The topological polar surface area (TPSA) is 82.5 Å². The van der Waals surface area contributed by atoms with Crippen molar-refractivity contribution < 1.29 is 14.7 Å². The average Bonchev–Trinajstić information content (AvgIpc) is 2.81. The van der Waals surface area contributed by atoms with E-state index in [1.165, 1.54) is 0 Å². The quantitative estimate of drug-likeness (QED) is 0.889. The van der Waals surface area contributed by atoms with Crippen LogP contribution in [0.1, 0.15) is 23.2 Å². The highest BCUT2D eigenvalue weighted by atomic mass is 32.1. The summed E-state index contributed by atoms with van der Waals surface area (Å²) in [5.74, 6) is -1.08. The van der Waals surface area contributed by atoms with Gasteiger partial charge in [-0.15, -0.1) is 11.3 Å². The van der Waals surface area contributed by atoms with Crippen LogP contribution in [0.5, 0.6) is 0 Å². The lowest BCUT2D eigenvalue weighted by Gasteiger charge is -2.34. The number of thiazole rings is 1. The van der Waals surface area contributed by atoms with Crippen LogP contribution in [-0.2, 0) is 11.3 Å². The van der Waals surface area contributed by atoms with E-state index in [0.717, 1.165) is 9.88 Å². The Morgan fingerprint density at radius 1 is 1.55 bits per heavy atom. The molecule has 0 aromatic carbocycles. The molecular formula is C13H19N3O3S. The van der Waals surface area contributed by atoms with E-state index in [1.54, 1.807) is 22.4 Å². The Labute approximate surface area is 121 Å². The third kappa shape index (κ3) is 3.69. The molecule has 0 aliphatic carbocycles. The van der Waals surface area contributed by atoms with Gasteiger partial charge in [-0.2, -0.15) is 0 Å². The normalized spacial score (nSPS) is 22.6. The van der Waals surface area contributed by atoms with Crippen molar-refractivity contribution in [3.05, 3.63) is 16.1 Å². The van der Waals surface area contributed by atoms with Crippen molar-refractivity contribution in [3.63, 3.8) is 0 Å². The van der Waals surface area contributed by atoms with Crippen molar-refractivity contribution in [1.29, 1.82) is 0 Å². The molecule has 7 heteroatoms. The van der Waals surface area contributed by atoms with Crippen molar-refractivity contribution in [2.75, 3.05) is 13.1 Å². The number of carboxylic acids is 1. The fraction of sp³-hybridized carbons (Fsp3) is 0.615. The summed E-state index contributed by atoms with van der Waals surface area (Å²) in [6.07, 6.45) is 2.38. The molecule has 2 unspecified atom stereocenters. The van der Waals surface area contributed by atoms with E-state index in [4.69, 9.17) is 5.11 Å². The zero-order chi connectivity index (χ0) is 14.7. The van der Waals surface area contributed by atoms with E-state index in [9.17, 15) is 9.59 Å². The van der Waals surface area contributed by atoms with Crippen LogP contribution in [0.15, 0.2) is 6.20 Å². The van der Waals surface area contributed by atoms with Crippen molar-refractivity contribution in [3.8, 4) is 0 Å². The molecule has 1 aliphatic rings. The van der Waals surface area contributed by atoms with E-state index in [-0.39, 0.29) is 18.5 Å². The number of piperidine rings is 1. The van der Waals surface area contributed by atoms with Gasteiger partial charge in [0.1, 0.15) is 0 Å². The Morgan fingerprint density at radius 3 is 2.90 bits per heavy atom. The molecule has 1 aromatic heterocycles. The molecule has 6 nitrogen and oxygen atoms in total. The minimum Gasteiger partial charge on any atom is -0.481 e. The van der Waals surface area contributed by atoms with Gasteiger partial charge in [0, 0.05) is 24.2 Å². The van der Waals surface area contributed by atoms with E-state index >= 15 is 0 Å². The van der Waals surface area contributed by atoms with Gasteiger partial charge >= 0.3 is 12.0 Å². The highest BCUT2D eigenvalue weighted by Gasteiger charge is 2.31. The van der Waals surface area contributed by atoms with E-state index in [2.05, 4.69) is 10.3 Å². The van der Waals surface area contributed by atoms with Crippen molar-refractivity contribution in [2.24, 2.45) is 11.8 Å². The molecule has 20 heavy (non-hydrogen) atoms. The van der Waals surface area contributed by atoms with E-state index in [0.29, 0.717) is 19.5 Å². The number of urea groups is 1. The SMILES string of the molecule is Cc1ncc(CNC(=O)N2CC(C)CC(C(=O)O)C2)s1. The smallest absolute Gasteiger partial charge is 0.317 e. The summed E-state index contributed by atoms with van der Waals surface area (Å²) in [4.78, 5) is 29.9. The average molecular weight is 297 g/mol. The second kappa shape index (κ2) is 6.21. The van der Waals surface area contributed by atoms with Gasteiger partial charge in [0.2, 0.25) is 0 Å². The van der Waals surface area contributed by atoms with Gasteiger partial charge in [0.15, 0.2) is 0 Å². The molecule has 1 aromatic rings. The second-order valence-corrected chi connectivity index (χ2v) is 6.60. The van der Waals surface area contributed by atoms with Gasteiger partial charge in [-0.1, -0.05) is 6.92 Å². The highest BCUT2D eigenvalue weighted by Crippen LogP contribution is 2.22. The highest BCUT2D eigenvalue weighted by molar-refractivity contribution is 7.11. The first-order chi connectivity index (χ1) is 9.45. The maximum Gasteiger partial charge on any atom is 0.317 e. The molecule has 110 valence electrons. The summed E-state index contributed by atoms with van der Waals surface area (Å²) in [7, 11) is 0. The standard InChI is InChI=1S/C13H19N3O3S/c1-8-3-10(12(17)18)7-16(6-8)13(19)15-5-11-4-14-9(2)20-11/h4,8,10H,3,5-7H2,1-2H3,(H,15,19)(H,17,18). The van der Waals surface area contributed by atoms with Crippen molar-refractivity contribution in [1.82, 2.24) is 15.2 Å². The van der Waals surface area contributed by atoms with E-state index < -0.39 is 11.9 Å². The van der Waals surface area contributed by atoms with Crippen LogP contribution in [0.25, 0.3) is 0 Å². The van der Waals surface area contributed by atoms with Crippen LogP contribution < -0.4 is 5.32 Å². The monoisotopic (exact) mass is 297 g/mol. The summed E-state index contributed by atoms with van der Waals surface area (Å²) >= 11 is 1.54. The fourth-order valence-electron chi connectivity index (χ4n) is 2.46. The van der Waals surface area contributed by atoms with Gasteiger partial charge in [0.05, 0.1) is 17.5 Å². The minimum atomic E-state index is -0.826. The third-order valence-corrected chi connectivity index (χ3v) is 4.29. The largest absolute Gasteiger partial charge is 0.481 e. The molecule has 2 rings (SSSR count). The number of carbonyl (C=O) groups is 2. The zero-order valence-corrected chi connectivity index (χ0v) is 12.4. The minimum absolute atomic E-state index is 0.200. The molecule has 0 spiro atoms. The molecule has 2 atom stereocenters. The number of aliphatic carboxylic acids is 1. The van der Waals surface area contributed by atoms with Gasteiger partial charge in [-0.05, 0) is 19.3 Å². The predicted octanol–water partition coefficient (Wildman–Crippen LogP) is 1.70. The molecular weight excluding hydrogens is 278 g/mol. The number of aromatic nitrogens is 1. The molecule has 1 saturated heterocycles. The lowest BCUT2D eigenvalue weighted by molar-refractivity contribution is -0.143. The molecule has 2 heterocycles. The Morgan fingerprint density at radius 2 is 2.30 bits per heavy atom. The maximum atomic E-state index is 12.1. The van der Waals surface area contributed by atoms with Crippen LogP contribution in [-0.4, -0.2) is 40.1 Å². The second-order valence-electron chi connectivity index (χ2n) is 5.29. The van der Waals surface area contributed by atoms with Crippen LogP contribution in [0.2, 0.25) is 0 Å². The van der Waals surface area contributed by atoms with Gasteiger partial charge < -0.3 is 15.3 Å². The summed E-state index contributed by atoms with van der Waals surface area (Å²) in [5, 5.41) is 12.9. The number of hydrogen-bond donors (Lipinski definition) is 2. The Balaban J connectivity index is 1.89. The number of aryl methyl sites for hydroxylation is 1. The predicted molar refractivity (Wildman–Crippen MR) is 75.6 cm³/mol. The summed E-state index contributed by atoms with van der Waals surface area (Å²) in [5.41, 5.74) is 0. The van der Waals surface area contributed by atoms with Gasteiger partial charge in [-0.25, -0.2) is 9.78 Å². The fourth-order valence-corrected chi connectivity index (χ4v) is 3.19. The van der Waals surface area contributed by atoms with Crippen LogP contribution in [0.4, 0.5) is 4.79 Å². The first kappa shape index (κ1) is 14.8. The molecule has 1 fully saturated rings. The van der Waals surface area contributed by atoms with Crippen molar-refractivity contribution >= 4 is 23.3 Å². The van der Waals surface area contributed by atoms with Crippen LogP contribution >= 0.6 is 11.3 Å². The molecule has 0 saturated carbocycles. The van der Waals surface area contributed by atoms with Crippen molar-refractivity contribution in [2.45, 2.75) is 26.8 Å². The van der Waals surface area contributed by atoms with Crippen LogP contribution in [0.3, 0.4) is 0 Å².